The van der Waals surface area contributed by atoms with Gasteiger partial charge in [-0.05, 0) is 31.5 Å². The second-order valence-electron chi connectivity index (χ2n) is 3.73. The Morgan fingerprint density at radius 1 is 1.16 bits per heavy atom. The van der Waals surface area contributed by atoms with Gasteiger partial charge in [-0.25, -0.2) is 0 Å². The number of rotatable bonds is 3. The molecule has 0 aliphatic rings. The molecule has 110 valence electrons. The number of ether oxygens (including phenoxy) is 1. The summed E-state index contributed by atoms with van der Waals surface area (Å²) in [6, 6.07) is 7.69. The molecule has 0 heterocycles. The van der Waals surface area contributed by atoms with Crippen LogP contribution in [0.15, 0.2) is 28.7 Å². The zero-order valence-electron chi connectivity index (χ0n) is 13.0. The van der Waals surface area contributed by atoms with Crippen molar-refractivity contribution in [1.29, 1.82) is 0 Å². The Morgan fingerprint density at radius 3 is 1.95 bits per heavy atom. The molecule has 1 atom stereocenters. The zero-order valence-corrected chi connectivity index (χ0v) is 14.6. The molecule has 1 unspecified atom stereocenters. The first-order valence-corrected chi connectivity index (χ1v) is 7.78. The van der Waals surface area contributed by atoms with Crippen molar-refractivity contribution in [2.45, 2.75) is 53.9 Å². The Labute approximate surface area is 126 Å². The second-order valence-corrected chi connectivity index (χ2v) is 4.65. The molecule has 0 spiro atoms. The molecule has 0 bridgehead atoms. The van der Waals surface area contributed by atoms with E-state index in [1.807, 2.05) is 52.0 Å². The molecule has 0 saturated carbocycles. The molecule has 19 heavy (non-hydrogen) atoms. The van der Waals surface area contributed by atoms with Crippen molar-refractivity contribution in [1.82, 2.24) is 0 Å². The van der Waals surface area contributed by atoms with Gasteiger partial charge in [-0.1, -0.05) is 62.2 Å². The summed E-state index contributed by atoms with van der Waals surface area (Å²) in [7, 11) is 0. The molecule has 0 aliphatic heterocycles. The number of esters is 1. The third-order valence-electron chi connectivity index (χ3n) is 2.01. The maximum Gasteiger partial charge on any atom is 0.313 e. The van der Waals surface area contributed by atoms with Crippen LogP contribution in [0.25, 0.3) is 0 Å². The van der Waals surface area contributed by atoms with E-state index < -0.39 is 0 Å². The van der Waals surface area contributed by atoms with Crippen LogP contribution >= 0.6 is 15.9 Å². The summed E-state index contributed by atoms with van der Waals surface area (Å²) in [5, 5.41) is 0. The van der Waals surface area contributed by atoms with Gasteiger partial charge in [0.2, 0.25) is 0 Å². The van der Waals surface area contributed by atoms with Crippen LogP contribution in [-0.4, -0.2) is 12.6 Å². The third-order valence-corrected chi connectivity index (χ3v) is 2.54. The van der Waals surface area contributed by atoms with E-state index >= 15 is 0 Å². The van der Waals surface area contributed by atoms with Gasteiger partial charge in [-0.2, -0.15) is 0 Å². The maximum atomic E-state index is 11.4. The largest absolute Gasteiger partial charge is 0.466 e. The van der Waals surface area contributed by atoms with Gasteiger partial charge in [0.15, 0.2) is 0 Å². The molecule has 0 aliphatic carbocycles. The summed E-state index contributed by atoms with van der Waals surface area (Å²) in [6.45, 7) is 12.3. The molecule has 0 N–H and O–H groups in total. The van der Waals surface area contributed by atoms with Crippen LogP contribution in [0, 0.1) is 0 Å². The van der Waals surface area contributed by atoms with Gasteiger partial charge in [-0.15, -0.1) is 0 Å². The molecule has 0 fully saturated rings. The van der Waals surface area contributed by atoms with Crippen LogP contribution in [0.3, 0.4) is 0 Å². The minimum absolute atomic E-state index is 0.171. The van der Waals surface area contributed by atoms with E-state index in [-0.39, 0.29) is 11.9 Å². The van der Waals surface area contributed by atoms with Gasteiger partial charge in [0.1, 0.15) is 0 Å². The van der Waals surface area contributed by atoms with Crippen LogP contribution in [0.4, 0.5) is 0 Å². The zero-order chi connectivity index (χ0) is 15.3. The number of hydrogen-bond donors (Lipinski definition) is 0. The van der Waals surface area contributed by atoms with Gasteiger partial charge in [-0.3, -0.25) is 4.79 Å². The molecule has 0 saturated heterocycles. The first-order valence-electron chi connectivity index (χ1n) is 6.98. The molecular formula is C16H27BrO2. The molecule has 0 amide bonds. The lowest BCUT2D eigenvalue weighted by atomic mass is 10.0. The Hall–Kier alpha value is -0.830. The highest BCUT2D eigenvalue weighted by Gasteiger charge is 2.15. The standard InChI is InChI=1S/C11H13BrO2.C3H8.C2H6/c1-3-14-11(13)8(2)9-4-6-10(12)7-5-9;1-3-2;1-2/h4-8H,3H2,1-2H3;3H2,1-2H3;1-2H3. The Balaban J connectivity index is 0. The van der Waals surface area contributed by atoms with Crippen molar-refractivity contribution >= 4 is 21.9 Å². The average Bonchev–Trinajstić information content (AvgIpc) is 2.42. The lowest BCUT2D eigenvalue weighted by Gasteiger charge is -2.10. The van der Waals surface area contributed by atoms with Crippen molar-refractivity contribution in [2.75, 3.05) is 6.61 Å². The number of benzene rings is 1. The fourth-order valence-electron chi connectivity index (χ4n) is 1.15. The van der Waals surface area contributed by atoms with Crippen LogP contribution in [-0.2, 0) is 9.53 Å². The van der Waals surface area contributed by atoms with E-state index in [2.05, 4.69) is 29.8 Å². The van der Waals surface area contributed by atoms with E-state index in [1.54, 1.807) is 0 Å². The van der Waals surface area contributed by atoms with Gasteiger partial charge in [0, 0.05) is 4.47 Å². The Bertz CT molecular complexity index is 320. The highest BCUT2D eigenvalue weighted by molar-refractivity contribution is 9.10. The van der Waals surface area contributed by atoms with Crippen LogP contribution < -0.4 is 0 Å². The maximum absolute atomic E-state index is 11.4. The predicted molar refractivity (Wildman–Crippen MR) is 86.5 cm³/mol. The highest BCUT2D eigenvalue weighted by atomic mass is 79.9. The lowest BCUT2D eigenvalue weighted by Crippen LogP contribution is -2.12. The second kappa shape index (κ2) is 13.6. The fourth-order valence-corrected chi connectivity index (χ4v) is 1.42. The first-order chi connectivity index (χ1) is 9.06. The van der Waals surface area contributed by atoms with E-state index in [4.69, 9.17) is 4.74 Å². The van der Waals surface area contributed by atoms with Crippen molar-refractivity contribution < 1.29 is 9.53 Å². The molecule has 0 radical (unpaired) electrons. The predicted octanol–water partition coefficient (Wildman–Crippen LogP) is 5.56. The quantitative estimate of drug-likeness (QED) is 0.678. The topological polar surface area (TPSA) is 26.3 Å². The smallest absolute Gasteiger partial charge is 0.313 e. The molecule has 2 nitrogen and oxygen atoms in total. The number of halogens is 1. The highest BCUT2D eigenvalue weighted by Crippen LogP contribution is 2.19. The van der Waals surface area contributed by atoms with Crippen molar-refractivity contribution in [3.63, 3.8) is 0 Å². The van der Waals surface area contributed by atoms with Crippen LogP contribution in [0.5, 0.6) is 0 Å². The van der Waals surface area contributed by atoms with Crippen LogP contribution in [0.2, 0.25) is 0 Å². The average molecular weight is 331 g/mol. The number of carbonyl (C=O) groups is 1. The Kier molecular flexibility index (Phi) is 14.7. The summed E-state index contributed by atoms with van der Waals surface area (Å²) in [6.07, 6.45) is 1.25. The van der Waals surface area contributed by atoms with Crippen molar-refractivity contribution in [3.8, 4) is 0 Å². The monoisotopic (exact) mass is 330 g/mol. The summed E-state index contributed by atoms with van der Waals surface area (Å²) in [5.41, 5.74) is 0.978. The summed E-state index contributed by atoms with van der Waals surface area (Å²) in [4.78, 5) is 11.4. The minimum atomic E-state index is -0.192. The minimum Gasteiger partial charge on any atom is -0.466 e. The third kappa shape index (κ3) is 9.71. The van der Waals surface area contributed by atoms with Gasteiger partial charge in [0.05, 0.1) is 12.5 Å². The van der Waals surface area contributed by atoms with Gasteiger partial charge in [0.25, 0.3) is 0 Å². The molecule has 1 aromatic carbocycles. The van der Waals surface area contributed by atoms with E-state index in [0.717, 1.165) is 10.0 Å². The molecule has 3 heteroatoms. The first kappa shape index (κ1) is 20.5. The number of hydrogen-bond acceptors (Lipinski definition) is 2. The van der Waals surface area contributed by atoms with E-state index in [1.165, 1.54) is 6.42 Å². The lowest BCUT2D eigenvalue weighted by molar-refractivity contribution is -0.144. The summed E-state index contributed by atoms with van der Waals surface area (Å²) < 4.78 is 5.95. The molecule has 1 rings (SSSR count). The van der Waals surface area contributed by atoms with Crippen molar-refractivity contribution in [3.05, 3.63) is 34.3 Å². The molecule has 0 aromatic heterocycles. The van der Waals surface area contributed by atoms with Crippen molar-refractivity contribution in [2.24, 2.45) is 0 Å². The fraction of sp³-hybridized carbons (Fsp3) is 0.562. The summed E-state index contributed by atoms with van der Waals surface area (Å²) >= 11 is 3.35. The molecule has 1 aromatic rings. The van der Waals surface area contributed by atoms with Gasteiger partial charge >= 0.3 is 5.97 Å². The number of carbonyl (C=O) groups excluding carboxylic acids is 1. The van der Waals surface area contributed by atoms with E-state index in [9.17, 15) is 4.79 Å². The summed E-state index contributed by atoms with van der Waals surface area (Å²) in [5.74, 6) is -0.363. The SMILES string of the molecule is CC.CCC.CCOC(=O)C(C)c1ccc(Br)cc1. The van der Waals surface area contributed by atoms with E-state index in [0.29, 0.717) is 6.61 Å². The normalized spacial score (nSPS) is 10.3. The molecular weight excluding hydrogens is 304 g/mol. The van der Waals surface area contributed by atoms with Crippen LogP contribution in [0.1, 0.15) is 59.4 Å². The van der Waals surface area contributed by atoms with Gasteiger partial charge < -0.3 is 4.74 Å². The Morgan fingerprint density at radius 2 is 1.58 bits per heavy atom.